The molecule has 0 aromatic heterocycles. The van der Waals surface area contributed by atoms with E-state index < -0.39 is 12.0 Å². The van der Waals surface area contributed by atoms with Gasteiger partial charge < -0.3 is 0 Å². The first-order valence-corrected chi connectivity index (χ1v) is 6.58. The van der Waals surface area contributed by atoms with Gasteiger partial charge in [-0.25, -0.2) is 8.78 Å². The second-order valence-corrected chi connectivity index (χ2v) is 3.70. The predicted molar refractivity (Wildman–Crippen MR) is 68.2 cm³/mol. The number of halogens is 2. The lowest BCUT2D eigenvalue weighted by molar-refractivity contribution is -0.116. The van der Waals surface area contributed by atoms with Crippen LogP contribution < -0.4 is 0 Å². The summed E-state index contributed by atoms with van der Waals surface area (Å²) in [4.78, 5) is 1.81. The zero-order valence-corrected chi connectivity index (χ0v) is 12.0. The monoisotopic (exact) mass is 237 g/mol. The van der Waals surface area contributed by atoms with Crippen LogP contribution in [-0.2, 0) is 0 Å². The van der Waals surface area contributed by atoms with Crippen LogP contribution in [0.4, 0.5) is 8.78 Å². The molecule has 1 aliphatic rings. The molecule has 1 nitrogen and oxygen atoms in total. The van der Waals surface area contributed by atoms with Crippen LogP contribution in [0, 0.1) is 0 Å². The topological polar surface area (TPSA) is 3.24 Å². The number of piperidine rings is 1. The molecule has 0 saturated carbocycles. The lowest BCUT2D eigenvalue weighted by Crippen LogP contribution is -2.53. The minimum Gasteiger partial charge on any atom is -0.295 e. The maximum Gasteiger partial charge on any atom is 0.263 e. The van der Waals surface area contributed by atoms with Gasteiger partial charge in [-0.2, -0.15) is 0 Å². The van der Waals surface area contributed by atoms with Crippen molar-refractivity contribution in [3.63, 3.8) is 0 Å². The number of likely N-dealkylation sites (tertiary alicyclic amines) is 1. The molecule has 2 unspecified atom stereocenters. The van der Waals surface area contributed by atoms with Gasteiger partial charge >= 0.3 is 0 Å². The first-order valence-electron chi connectivity index (χ1n) is 6.58. The lowest BCUT2D eigenvalue weighted by atomic mass is 9.92. The maximum atomic E-state index is 13.1. The van der Waals surface area contributed by atoms with E-state index in [2.05, 4.69) is 6.92 Å². The van der Waals surface area contributed by atoms with Gasteiger partial charge in [-0.05, 0) is 26.8 Å². The molecule has 0 bridgehead atoms. The number of hydrogen-bond donors (Lipinski definition) is 0. The van der Waals surface area contributed by atoms with E-state index in [1.54, 1.807) is 14.0 Å². The molecule has 0 aromatic rings. The molecule has 16 heavy (non-hydrogen) atoms. The highest BCUT2D eigenvalue weighted by atomic mass is 19.3. The Morgan fingerprint density at radius 3 is 2.00 bits per heavy atom. The van der Waals surface area contributed by atoms with Crippen LogP contribution in [0.1, 0.15) is 60.8 Å². The summed E-state index contributed by atoms with van der Waals surface area (Å²) in [6.45, 7) is 11.7. The van der Waals surface area contributed by atoms with Crippen molar-refractivity contribution in [3.8, 4) is 0 Å². The van der Waals surface area contributed by atoms with E-state index in [1.165, 1.54) is 0 Å². The zero-order chi connectivity index (χ0) is 13.4. The maximum absolute atomic E-state index is 13.1. The molecule has 2 atom stereocenters. The summed E-state index contributed by atoms with van der Waals surface area (Å²) in [6, 6.07) is -0.254. The third-order valence-corrected chi connectivity index (χ3v) is 3.08. The van der Waals surface area contributed by atoms with E-state index in [0.717, 1.165) is 6.42 Å². The second kappa shape index (κ2) is 8.91. The molecule has 1 heterocycles. The number of rotatable bonds is 1. The predicted octanol–water partition coefficient (Wildman–Crippen LogP) is 4.57. The molecule has 1 saturated heterocycles. The van der Waals surface area contributed by atoms with Gasteiger partial charge in [0.2, 0.25) is 0 Å². The summed E-state index contributed by atoms with van der Waals surface area (Å²) in [6.07, 6.45) is 1.65. The Labute approximate surface area is 100 Å². The van der Waals surface area contributed by atoms with E-state index >= 15 is 0 Å². The summed E-state index contributed by atoms with van der Waals surface area (Å²) < 4.78 is 26.2. The highest BCUT2D eigenvalue weighted by Gasteiger charge is 2.44. The molecule has 1 aliphatic heterocycles. The molecule has 1 rings (SSSR count). The van der Waals surface area contributed by atoms with E-state index in [9.17, 15) is 8.78 Å². The molecule has 0 aromatic carbocycles. The first-order chi connectivity index (χ1) is 7.49. The third kappa shape index (κ3) is 4.77. The Morgan fingerprint density at radius 2 is 1.62 bits per heavy atom. The van der Waals surface area contributed by atoms with Crippen molar-refractivity contribution in [2.24, 2.45) is 0 Å². The molecule has 1 fully saturated rings. The fourth-order valence-electron chi connectivity index (χ4n) is 1.88. The van der Waals surface area contributed by atoms with E-state index in [-0.39, 0.29) is 6.42 Å². The van der Waals surface area contributed by atoms with Crippen molar-refractivity contribution in [3.05, 3.63) is 0 Å². The zero-order valence-electron chi connectivity index (χ0n) is 12.0. The minimum atomic E-state index is -2.49. The molecule has 100 valence electrons. The third-order valence-electron chi connectivity index (χ3n) is 3.08. The van der Waals surface area contributed by atoms with Crippen LogP contribution in [-0.4, -0.2) is 30.0 Å². The second-order valence-electron chi connectivity index (χ2n) is 3.70. The van der Waals surface area contributed by atoms with Crippen molar-refractivity contribution in [1.82, 2.24) is 4.90 Å². The molecular formula is C13H29F2N. The molecule has 0 radical (unpaired) electrons. The van der Waals surface area contributed by atoms with Crippen molar-refractivity contribution in [1.29, 1.82) is 0 Å². The summed E-state index contributed by atoms with van der Waals surface area (Å²) in [5.41, 5.74) is 0. The van der Waals surface area contributed by atoms with E-state index in [4.69, 9.17) is 0 Å². The van der Waals surface area contributed by atoms with Crippen LogP contribution in [0.2, 0.25) is 0 Å². The minimum absolute atomic E-state index is 0.0526. The highest BCUT2D eigenvalue weighted by Crippen LogP contribution is 2.35. The van der Waals surface area contributed by atoms with E-state index in [1.807, 2.05) is 32.6 Å². The first kappa shape index (κ1) is 18.2. The van der Waals surface area contributed by atoms with Gasteiger partial charge in [-0.1, -0.05) is 34.6 Å². The van der Waals surface area contributed by atoms with Gasteiger partial charge in [0.25, 0.3) is 5.92 Å². The fourth-order valence-corrected chi connectivity index (χ4v) is 1.88. The number of hydrogen-bond acceptors (Lipinski definition) is 1. The van der Waals surface area contributed by atoms with E-state index in [0.29, 0.717) is 12.5 Å². The van der Waals surface area contributed by atoms with Crippen molar-refractivity contribution < 1.29 is 8.78 Å². The SMILES string of the molecule is CC.CC.CCC1CCC(F)(F)C(C)N1C. The normalized spacial score (nSPS) is 28.3. The molecule has 0 aliphatic carbocycles. The summed E-state index contributed by atoms with van der Waals surface area (Å²) in [5.74, 6) is -2.49. The van der Waals surface area contributed by atoms with Gasteiger partial charge in [-0.3, -0.25) is 4.90 Å². The van der Waals surface area contributed by atoms with Crippen LogP contribution >= 0.6 is 0 Å². The Balaban J connectivity index is 0. The molecule has 0 spiro atoms. The summed E-state index contributed by atoms with van der Waals surface area (Å²) in [7, 11) is 1.80. The Morgan fingerprint density at radius 1 is 1.19 bits per heavy atom. The van der Waals surface area contributed by atoms with Gasteiger partial charge in [-0.15, -0.1) is 0 Å². The van der Waals surface area contributed by atoms with Gasteiger partial charge in [0.05, 0.1) is 6.04 Å². The largest absolute Gasteiger partial charge is 0.295 e. The smallest absolute Gasteiger partial charge is 0.263 e. The molecule has 3 heteroatoms. The van der Waals surface area contributed by atoms with Crippen LogP contribution in [0.15, 0.2) is 0 Å². The molecular weight excluding hydrogens is 208 g/mol. The van der Waals surface area contributed by atoms with Crippen molar-refractivity contribution in [2.45, 2.75) is 78.8 Å². The van der Waals surface area contributed by atoms with Crippen molar-refractivity contribution >= 4 is 0 Å². The number of nitrogens with zero attached hydrogens (tertiary/aromatic N) is 1. The van der Waals surface area contributed by atoms with Crippen LogP contribution in [0.25, 0.3) is 0 Å². The summed E-state index contributed by atoms with van der Waals surface area (Å²) in [5, 5.41) is 0. The lowest BCUT2D eigenvalue weighted by Gasteiger charge is -2.42. The van der Waals surface area contributed by atoms with Gasteiger partial charge in [0, 0.05) is 12.5 Å². The number of alkyl halides is 2. The van der Waals surface area contributed by atoms with Crippen LogP contribution in [0.5, 0.6) is 0 Å². The highest BCUT2D eigenvalue weighted by molar-refractivity contribution is 4.90. The average Bonchev–Trinajstić information content (AvgIpc) is 2.32. The van der Waals surface area contributed by atoms with Crippen molar-refractivity contribution in [2.75, 3.05) is 7.05 Å². The van der Waals surface area contributed by atoms with Gasteiger partial charge in [0.1, 0.15) is 0 Å². The standard InChI is InChI=1S/C9H17F2N.2C2H6/c1-4-8-5-6-9(10,11)7(2)12(8)3;2*1-2/h7-8H,4-6H2,1-3H3;2*1-2H3. The van der Waals surface area contributed by atoms with Gasteiger partial charge in [0.15, 0.2) is 0 Å². The summed E-state index contributed by atoms with van der Waals surface area (Å²) >= 11 is 0. The average molecular weight is 237 g/mol. The Hall–Kier alpha value is -0.180. The molecule has 0 N–H and O–H groups in total. The van der Waals surface area contributed by atoms with Crippen LogP contribution in [0.3, 0.4) is 0 Å². The quantitative estimate of drug-likeness (QED) is 0.646. The fraction of sp³-hybridized carbons (Fsp3) is 1.00. The Kier molecular flexibility index (Phi) is 10.1. The molecule has 0 amide bonds. The Bertz CT molecular complexity index is 160.